The number of carbonyl (C=O) groups excluding carboxylic acids is 1. The summed E-state index contributed by atoms with van der Waals surface area (Å²) >= 11 is 1.39. The molecule has 6 nitrogen and oxygen atoms in total. The summed E-state index contributed by atoms with van der Waals surface area (Å²) in [6, 6.07) is 6.86. The number of nitrogens with zero attached hydrogens (tertiary/aromatic N) is 4. The molecular weight excluding hydrogens is 377 g/mol. The van der Waals surface area contributed by atoms with Crippen molar-refractivity contribution in [3.05, 3.63) is 41.5 Å². The van der Waals surface area contributed by atoms with E-state index in [1.807, 2.05) is 4.90 Å². The summed E-state index contributed by atoms with van der Waals surface area (Å²) in [5, 5.41) is 4.09. The standard InChI is InChI=1S/C20H26FN5OS/c21-16-8-6-15(7-9-16)14-18-23-20(28-24-18)26-12-10-25(11-13-26)19(27)22-17-4-2-1-3-5-17/h6-9,17H,1-5,10-14H2,(H,22,27). The van der Waals surface area contributed by atoms with Crippen LogP contribution in [0.2, 0.25) is 0 Å². The molecule has 1 aliphatic heterocycles. The SMILES string of the molecule is O=C(NC1CCCCC1)N1CCN(c2nc(Cc3ccc(F)cc3)ns2)CC1. The number of halogens is 1. The molecule has 1 aromatic heterocycles. The van der Waals surface area contributed by atoms with Gasteiger partial charge in [0.25, 0.3) is 0 Å². The van der Waals surface area contributed by atoms with Gasteiger partial charge in [-0.3, -0.25) is 0 Å². The molecule has 28 heavy (non-hydrogen) atoms. The van der Waals surface area contributed by atoms with Gasteiger partial charge in [0, 0.05) is 50.2 Å². The van der Waals surface area contributed by atoms with Crippen molar-refractivity contribution >= 4 is 22.7 Å². The molecule has 1 aromatic carbocycles. The van der Waals surface area contributed by atoms with Gasteiger partial charge in [0.2, 0.25) is 5.13 Å². The molecule has 2 aromatic rings. The average molecular weight is 404 g/mol. The molecule has 1 saturated carbocycles. The van der Waals surface area contributed by atoms with Crippen LogP contribution in [-0.2, 0) is 6.42 Å². The van der Waals surface area contributed by atoms with E-state index in [1.54, 1.807) is 12.1 Å². The molecule has 0 bridgehead atoms. The molecule has 0 radical (unpaired) electrons. The second-order valence-electron chi connectivity index (χ2n) is 7.55. The van der Waals surface area contributed by atoms with Gasteiger partial charge in [0.1, 0.15) is 11.6 Å². The van der Waals surface area contributed by atoms with Crippen LogP contribution < -0.4 is 10.2 Å². The Hall–Kier alpha value is -2.22. The highest BCUT2D eigenvalue weighted by atomic mass is 32.1. The van der Waals surface area contributed by atoms with Crippen LogP contribution in [-0.4, -0.2) is 52.5 Å². The number of benzene rings is 1. The van der Waals surface area contributed by atoms with E-state index < -0.39 is 0 Å². The smallest absolute Gasteiger partial charge is 0.317 e. The van der Waals surface area contributed by atoms with Crippen LogP contribution >= 0.6 is 11.5 Å². The first kappa shape index (κ1) is 19.1. The summed E-state index contributed by atoms with van der Waals surface area (Å²) < 4.78 is 17.5. The van der Waals surface area contributed by atoms with Crippen molar-refractivity contribution in [2.45, 2.75) is 44.6 Å². The van der Waals surface area contributed by atoms with Crippen LogP contribution in [0, 0.1) is 5.82 Å². The number of amides is 2. The Kier molecular flexibility index (Phi) is 6.04. The lowest BCUT2D eigenvalue weighted by molar-refractivity contribution is 0.186. The monoisotopic (exact) mass is 403 g/mol. The number of nitrogens with one attached hydrogen (secondary N) is 1. The zero-order valence-electron chi connectivity index (χ0n) is 15.9. The molecule has 1 N–H and O–H groups in total. The third-order valence-corrected chi connectivity index (χ3v) is 6.32. The molecular formula is C20H26FN5OS. The molecule has 1 saturated heterocycles. The van der Waals surface area contributed by atoms with E-state index in [9.17, 15) is 9.18 Å². The Morgan fingerprint density at radius 3 is 2.54 bits per heavy atom. The first-order chi connectivity index (χ1) is 13.7. The number of aromatic nitrogens is 2. The molecule has 2 amide bonds. The number of hydrogen-bond acceptors (Lipinski definition) is 5. The van der Waals surface area contributed by atoms with Crippen molar-refractivity contribution in [3.8, 4) is 0 Å². The summed E-state index contributed by atoms with van der Waals surface area (Å²) in [6.45, 7) is 2.93. The Bertz CT molecular complexity index is 782. The second kappa shape index (κ2) is 8.86. The van der Waals surface area contributed by atoms with Gasteiger partial charge in [-0.25, -0.2) is 14.2 Å². The van der Waals surface area contributed by atoms with E-state index in [-0.39, 0.29) is 11.8 Å². The Balaban J connectivity index is 1.27. The lowest BCUT2D eigenvalue weighted by atomic mass is 9.96. The van der Waals surface area contributed by atoms with Crippen LogP contribution in [0.3, 0.4) is 0 Å². The molecule has 2 heterocycles. The van der Waals surface area contributed by atoms with Crippen LogP contribution in [0.5, 0.6) is 0 Å². The van der Waals surface area contributed by atoms with Gasteiger partial charge in [0.05, 0.1) is 0 Å². The van der Waals surface area contributed by atoms with Crippen LogP contribution in [0.25, 0.3) is 0 Å². The number of anilines is 1. The van der Waals surface area contributed by atoms with Crippen molar-refractivity contribution in [2.75, 3.05) is 31.1 Å². The predicted octanol–water partition coefficient (Wildman–Crippen LogP) is 3.43. The highest BCUT2D eigenvalue weighted by Crippen LogP contribution is 2.21. The first-order valence-corrected chi connectivity index (χ1v) is 10.8. The van der Waals surface area contributed by atoms with Gasteiger partial charge in [0.15, 0.2) is 0 Å². The molecule has 0 atom stereocenters. The van der Waals surface area contributed by atoms with Crippen molar-refractivity contribution in [2.24, 2.45) is 0 Å². The molecule has 0 spiro atoms. The number of carbonyl (C=O) groups is 1. The van der Waals surface area contributed by atoms with Gasteiger partial charge < -0.3 is 15.1 Å². The fourth-order valence-electron chi connectivity index (χ4n) is 3.84. The van der Waals surface area contributed by atoms with Crippen LogP contribution in [0.4, 0.5) is 14.3 Å². The van der Waals surface area contributed by atoms with E-state index in [0.717, 1.165) is 42.5 Å². The van der Waals surface area contributed by atoms with Gasteiger partial charge in [-0.05, 0) is 30.5 Å². The largest absolute Gasteiger partial charge is 0.343 e. The highest BCUT2D eigenvalue weighted by molar-refractivity contribution is 7.09. The van der Waals surface area contributed by atoms with E-state index in [4.69, 9.17) is 0 Å². The van der Waals surface area contributed by atoms with Gasteiger partial charge in [-0.2, -0.15) is 4.37 Å². The van der Waals surface area contributed by atoms with Gasteiger partial charge in [-0.15, -0.1) is 0 Å². The fraction of sp³-hybridized carbons (Fsp3) is 0.550. The van der Waals surface area contributed by atoms with Gasteiger partial charge in [-0.1, -0.05) is 31.4 Å². The zero-order valence-corrected chi connectivity index (χ0v) is 16.8. The van der Waals surface area contributed by atoms with E-state index >= 15 is 0 Å². The highest BCUT2D eigenvalue weighted by Gasteiger charge is 2.25. The average Bonchev–Trinajstić information content (AvgIpc) is 3.19. The lowest BCUT2D eigenvalue weighted by Gasteiger charge is -2.35. The predicted molar refractivity (Wildman–Crippen MR) is 108 cm³/mol. The molecule has 8 heteroatoms. The maximum absolute atomic E-state index is 13.0. The van der Waals surface area contributed by atoms with Crippen LogP contribution in [0.15, 0.2) is 24.3 Å². The minimum atomic E-state index is -0.235. The van der Waals surface area contributed by atoms with E-state index in [0.29, 0.717) is 25.6 Å². The number of hydrogen-bond donors (Lipinski definition) is 1. The summed E-state index contributed by atoms with van der Waals surface area (Å²) in [4.78, 5) is 21.2. The van der Waals surface area contributed by atoms with Crippen molar-refractivity contribution in [1.29, 1.82) is 0 Å². The number of urea groups is 1. The minimum absolute atomic E-state index is 0.0702. The Morgan fingerprint density at radius 2 is 1.82 bits per heavy atom. The molecule has 2 fully saturated rings. The normalized spacial score (nSPS) is 18.3. The molecule has 0 unspecified atom stereocenters. The zero-order chi connectivity index (χ0) is 19.3. The maximum atomic E-state index is 13.0. The molecule has 150 valence electrons. The Morgan fingerprint density at radius 1 is 1.11 bits per heavy atom. The summed E-state index contributed by atoms with van der Waals surface area (Å²) in [6.07, 6.45) is 6.53. The van der Waals surface area contributed by atoms with E-state index in [1.165, 1.54) is 42.9 Å². The third-order valence-electron chi connectivity index (χ3n) is 5.50. The van der Waals surface area contributed by atoms with E-state index in [2.05, 4.69) is 19.6 Å². The topological polar surface area (TPSA) is 61.4 Å². The van der Waals surface area contributed by atoms with Crippen molar-refractivity contribution in [1.82, 2.24) is 19.6 Å². The maximum Gasteiger partial charge on any atom is 0.317 e. The summed E-state index contributed by atoms with van der Waals surface area (Å²) in [5.74, 6) is 0.519. The fourth-order valence-corrected chi connectivity index (χ4v) is 4.58. The molecule has 1 aliphatic carbocycles. The summed E-state index contributed by atoms with van der Waals surface area (Å²) in [7, 11) is 0. The number of piperazine rings is 1. The van der Waals surface area contributed by atoms with Crippen molar-refractivity contribution < 1.29 is 9.18 Å². The quantitative estimate of drug-likeness (QED) is 0.850. The lowest BCUT2D eigenvalue weighted by Crippen LogP contribution is -2.53. The van der Waals surface area contributed by atoms with Crippen molar-refractivity contribution in [3.63, 3.8) is 0 Å². The first-order valence-electron chi connectivity index (χ1n) is 10.0. The van der Waals surface area contributed by atoms with Gasteiger partial charge >= 0.3 is 6.03 Å². The summed E-state index contributed by atoms with van der Waals surface area (Å²) in [5.41, 5.74) is 0.995. The molecule has 4 rings (SSSR count). The number of rotatable bonds is 4. The third kappa shape index (κ3) is 4.79. The molecule has 2 aliphatic rings. The second-order valence-corrected chi connectivity index (χ2v) is 8.29. The minimum Gasteiger partial charge on any atom is -0.343 e. The Labute approximate surface area is 168 Å². The van der Waals surface area contributed by atoms with Crippen LogP contribution in [0.1, 0.15) is 43.5 Å².